The van der Waals surface area contributed by atoms with Crippen molar-refractivity contribution in [1.82, 2.24) is 14.5 Å². The molecule has 3 heterocycles. The van der Waals surface area contributed by atoms with Crippen LogP contribution in [0.5, 0.6) is 0 Å². The summed E-state index contributed by atoms with van der Waals surface area (Å²) in [6.07, 6.45) is 3.19. The highest BCUT2D eigenvalue weighted by atomic mass is 35.5. The number of aromatic nitrogens is 3. The van der Waals surface area contributed by atoms with Crippen LogP contribution in [0.25, 0.3) is 10.2 Å². The van der Waals surface area contributed by atoms with Gasteiger partial charge in [-0.05, 0) is 29.1 Å². The third-order valence-electron chi connectivity index (χ3n) is 2.58. The molecule has 0 aliphatic heterocycles. The van der Waals surface area contributed by atoms with Crippen LogP contribution in [0.3, 0.4) is 0 Å². The van der Waals surface area contributed by atoms with E-state index in [1.165, 1.54) is 11.3 Å². The summed E-state index contributed by atoms with van der Waals surface area (Å²) in [7, 11) is 0. The van der Waals surface area contributed by atoms with E-state index >= 15 is 0 Å². The summed E-state index contributed by atoms with van der Waals surface area (Å²) < 4.78 is 2.25. The molecule has 18 heavy (non-hydrogen) atoms. The molecule has 3 aromatic rings. The summed E-state index contributed by atoms with van der Waals surface area (Å²) in [4.78, 5) is 20.3. The van der Waals surface area contributed by atoms with E-state index < -0.39 is 0 Å². The summed E-state index contributed by atoms with van der Waals surface area (Å²) in [6, 6.07) is 5.42. The minimum Gasteiger partial charge on any atom is -0.294 e. The monoisotopic (exact) mass is 277 g/mol. The largest absolute Gasteiger partial charge is 0.294 e. The van der Waals surface area contributed by atoms with Crippen molar-refractivity contribution in [2.24, 2.45) is 0 Å². The molecule has 3 aromatic heterocycles. The smallest absolute Gasteiger partial charge is 0.271 e. The lowest BCUT2D eigenvalue weighted by Crippen LogP contribution is -2.20. The first kappa shape index (κ1) is 11.4. The van der Waals surface area contributed by atoms with Crippen LogP contribution in [-0.2, 0) is 6.54 Å². The molecule has 0 spiro atoms. The molecule has 0 radical (unpaired) electrons. The lowest BCUT2D eigenvalue weighted by molar-refractivity contribution is 0.749. The van der Waals surface area contributed by atoms with Crippen LogP contribution in [0.2, 0.25) is 5.15 Å². The molecule has 0 amide bonds. The fourth-order valence-corrected chi connectivity index (χ4v) is 2.72. The van der Waals surface area contributed by atoms with E-state index in [4.69, 9.17) is 11.6 Å². The summed E-state index contributed by atoms with van der Waals surface area (Å²) in [5.41, 5.74) is 1.65. The molecular formula is C12H8ClN3OS. The maximum atomic E-state index is 12.2. The van der Waals surface area contributed by atoms with Crippen LogP contribution < -0.4 is 5.56 Å². The molecule has 4 nitrogen and oxygen atoms in total. The van der Waals surface area contributed by atoms with Crippen molar-refractivity contribution in [3.63, 3.8) is 0 Å². The first-order valence-electron chi connectivity index (χ1n) is 5.27. The summed E-state index contributed by atoms with van der Waals surface area (Å²) >= 11 is 7.22. The Bertz CT molecular complexity index is 765. The van der Waals surface area contributed by atoms with Gasteiger partial charge in [0.05, 0.1) is 18.4 Å². The predicted octanol–water partition coefficient (Wildman–Crippen LogP) is 2.55. The van der Waals surface area contributed by atoms with Gasteiger partial charge in [-0.1, -0.05) is 11.6 Å². The second kappa shape index (κ2) is 4.51. The molecule has 0 saturated heterocycles. The molecular weight excluding hydrogens is 270 g/mol. The summed E-state index contributed by atoms with van der Waals surface area (Å²) in [6.45, 7) is 0.446. The zero-order chi connectivity index (χ0) is 12.5. The predicted molar refractivity (Wildman–Crippen MR) is 72.2 cm³/mol. The molecule has 0 aliphatic rings. The minimum atomic E-state index is -0.0251. The Balaban J connectivity index is 2.05. The van der Waals surface area contributed by atoms with Gasteiger partial charge < -0.3 is 0 Å². The van der Waals surface area contributed by atoms with Crippen molar-refractivity contribution >= 4 is 33.2 Å². The Kier molecular flexibility index (Phi) is 2.85. The Hall–Kier alpha value is -1.72. The van der Waals surface area contributed by atoms with E-state index in [0.29, 0.717) is 16.4 Å². The topological polar surface area (TPSA) is 47.8 Å². The number of thiophene rings is 1. The number of nitrogens with zero attached hydrogens (tertiary/aromatic N) is 3. The number of hydrogen-bond donors (Lipinski definition) is 0. The highest BCUT2D eigenvalue weighted by Gasteiger charge is 2.05. The molecule has 90 valence electrons. The molecule has 0 atom stereocenters. The highest BCUT2D eigenvalue weighted by Crippen LogP contribution is 2.14. The fourth-order valence-electron chi connectivity index (χ4n) is 1.73. The van der Waals surface area contributed by atoms with Gasteiger partial charge in [0.25, 0.3) is 5.56 Å². The maximum Gasteiger partial charge on any atom is 0.271 e. The minimum absolute atomic E-state index is 0.0251. The Labute approximate surface area is 112 Å². The van der Waals surface area contributed by atoms with Gasteiger partial charge in [0.2, 0.25) is 0 Å². The van der Waals surface area contributed by atoms with Gasteiger partial charge in [-0.25, -0.2) is 9.97 Å². The fraction of sp³-hybridized carbons (Fsp3) is 0.0833. The van der Waals surface area contributed by atoms with Crippen LogP contribution >= 0.6 is 22.9 Å². The lowest BCUT2D eigenvalue weighted by Gasteiger charge is -2.05. The van der Waals surface area contributed by atoms with Gasteiger partial charge in [-0.15, -0.1) is 11.3 Å². The molecule has 0 aliphatic carbocycles. The number of hydrogen-bond acceptors (Lipinski definition) is 4. The van der Waals surface area contributed by atoms with E-state index in [1.54, 1.807) is 23.2 Å². The van der Waals surface area contributed by atoms with Crippen molar-refractivity contribution in [3.8, 4) is 0 Å². The van der Waals surface area contributed by atoms with E-state index in [1.807, 2.05) is 17.5 Å². The summed E-state index contributed by atoms with van der Waals surface area (Å²) in [5, 5.41) is 2.29. The molecule has 0 fully saturated rings. The first-order chi connectivity index (χ1) is 8.74. The normalized spacial score (nSPS) is 10.9. The first-order valence-corrected chi connectivity index (χ1v) is 6.53. The van der Waals surface area contributed by atoms with Crippen LogP contribution in [0.1, 0.15) is 5.56 Å². The zero-order valence-electron chi connectivity index (χ0n) is 9.21. The molecule has 0 saturated carbocycles. The Morgan fingerprint density at radius 2 is 2.22 bits per heavy atom. The lowest BCUT2D eigenvalue weighted by atomic mass is 10.2. The van der Waals surface area contributed by atoms with Crippen molar-refractivity contribution < 1.29 is 0 Å². The second-order valence-electron chi connectivity index (χ2n) is 3.80. The van der Waals surface area contributed by atoms with Gasteiger partial charge in [-0.3, -0.25) is 9.36 Å². The molecule has 0 bridgehead atoms. The van der Waals surface area contributed by atoms with Crippen LogP contribution in [-0.4, -0.2) is 14.5 Å². The molecule has 0 N–H and O–H groups in total. The molecule has 0 unspecified atom stereocenters. The SMILES string of the molecule is O=c1c2sccc2ncn1Cc1ccnc(Cl)c1. The van der Waals surface area contributed by atoms with Crippen molar-refractivity contribution in [2.45, 2.75) is 6.54 Å². The van der Waals surface area contributed by atoms with Gasteiger partial charge in [0.1, 0.15) is 9.85 Å². The van der Waals surface area contributed by atoms with E-state index in [-0.39, 0.29) is 5.56 Å². The standard InChI is InChI=1S/C12H8ClN3OS/c13-10-5-8(1-3-14-10)6-16-7-15-9-2-4-18-11(9)12(16)17/h1-5,7H,6H2. The number of fused-ring (bicyclic) bond motifs is 1. The van der Waals surface area contributed by atoms with Crippen molar-refractivity contribution in [3.05, 3.63) is 57.2 Å². The van der Waals surface area contributed by atoms with Crippen LogP contribution in [0.15, 0.2) is 40.9 Å². The van der Waals surface area contributed by atoms with Gasteiger partial charge >= 0.3 is 0 Å². The molecule has 0 aromatic carbocycles. The highest BCUT2D eigenvalue weighted by molar-refractivity contribution is 7.17. The average Bonchev–Trinajstić information content (AvgIpc) is 2.82. The van der Waals surface area contributed by atoms with Crippen LogP contribution in [0.4, 0.5) is 0 Å². The third-order valence-corrected chi connectivity index (χ3v) is 3.68. The van der Waals surface area contributed by atoms with E-state index in [0.717, 1.165) is 11.1 Å². The number of pyridine rings is 1. The number of rotatable bonds is 2. The van der Waals surface area contributed by atoms with Gasteiger partial charge in [-0.2, -0.15) is 0 Å². The van der Waals surface area contributed by atoms with E-state index in [2.05, 4.69) is 9.97 Å². The summed E-state index contributed by atoms with van der Waals surface area (Å²) in [5.74, 6) is 0. The van der Waals surface area contributed by atoms with E-state index in [9.17, 15) is 4.79 Å². The van der Waals surface area contributed by atoms with Crippen molar-refractivity contribution in [2.75, 3.05) is 0 Å². The third kappa shape index (κ3) is 2.02. The Morgan fingerprint density at radius 1 is 1.33 bits per heavy atom. The molecule has 3 rings (SSSR count). The second-order valence-corrected chi connectivity index (χ2v) is 5.10. The zero-order valence-corrected chi connectivity index (χ0v) is 10.8. The quantitative estimate of drug-likeness (QED) is 0.677. The molecule has 6 heteroatoms. The average molecular weight is 278 g/mol. The van der Waals surface area contributed by atoms with Gasteiger partial charge in [0, 0.05) is 6.20 Å². The van der Waals surface area contributed by atoms with Gasteiger partial charge in [0.15, 0.2) is 0 Å². The van der Waals surface area contributed by atoms with Crippen LogP contribution in [0, 0.1) is 0 Å². The Morgan fingerprint density at radius 3 is 3.06 bits per heavy atom. The number of halogens is 1. The van der Waals surface area contributed by atoms with Crippen molar-refractivity contribution in [1.29, 1.82) is 0 Å². The maximum absolute atomic E-state index is 12.2.